The molecule has 1 aliphatic rings. The third-order valence-electron chi connectivity index (χ3n) is 3.87. The van der Waals surface area contributed by atoms with Crippen LogP contribution in [0.2, 0.25) is 0 Å². The van der Waals surface area contributed by atoms with Crippen molar-refractivity contribution < 1.29 is 18.7 Å². The number of nitrogens with zero attached hydrogens (tertiary/aromatic N) is 1. The maximum Gasteiger partial charge on any atom is 0.169 e. The van der Waals surface area contributed by atoms with Gasteiger partial charge >= 0.3 is 0 Å². The van der Waals surface area contributed by atoms with E-state index in [2.05, 4.69) is 4.90 Å². The maximum absolute atomic E-state index is 13.5. The van der Waals surface area contributed by atoms with E-state index >= 15 is 0 Å². The first-order chi connectivity index (χ1) is 9.61. The smallest absolute Gasteiger partial charge is 0.169 e. The number of aliphatic hydroxyl groups is 1. The Balaban J connectivity index is 1.85. The Kier molecular flexibility index (Phi) is 5.20. The molecule has 1 N–H and O–H groups in total. The third kappa shape index (κ3) is 3.61. The predicted octanol–water partition coefficient (Wildman–Crippen LogP) is 2.24. The summed E-state index contributed by atoms with van der Waals surface area (Å²) < 4.78 is 26.5. The Morgan fingerprint density at radius 2 is 2.00 bits per heavy atom. The van der Waals surface area contributed by atoms with Gasteiger partial charge in [-0.25, -0.2) is 8.78 Å². The number of carbonyl (C=O) groups is 1. The molecule has 1 fully saturated rings. The topological polar surface area (TPSA) is 40.5 Å². The standard InChI is InChI=1S/C15H19F2NO2/c16-13-3-1-2-12(15(13)17)14(20)6-9-18-7-4-11(10-19)5-8-18/h1-3,11,19H,4-10H2. The second-order valence-electron chi connectivity index (χ2n) is 5.24. The molecule has 5 heteroatoms. The van der Waals surface area contributed by atoms with E-state index in [9.17, 15) is 13.6 Å². The number of carbonyl (C=O) groups excluding carboxylic acids is 1. The van der Waals surface area contributed by atoms with Gasteiger partial charge in [-0.1, -0.05) is 6.07 Å². The molecule has 0 atom stereocenters. The zero-order chi connectivity index (χ0) is 14.5. The molecule has 0 bridgehead atoms. The van der Waals surface area contributed by atoms with Crippen LogP contribution in [-0.2, 0) is 0 Å². The summed E-state index contributed by atoms with van der Waals surface area (Å²) in [5, 5.41) is 9.05. The largest absolute Gasteiger partial charge is 0.396 e. The average molecular weight is 283 g/mol. The number of hydrogen-bond acceptors (Lipinski definition) is 3. The van der Waals surface area contributed by atoms with Crippen LogP contribution >= 0.6 is 0 Å². The summed E-state index contributed by atoms with van der Waals surface area (Å²) in [6, 6.07) is 3.67. The Morgan fingerprint density at radius 1 is 1.30 bits per heavy atom. The molecule has 0 amide bonds. The van der Waals surface area contributed by atoms with Crippen molar-refractivity contribution in [3.63, 3.8) is 0 Å². The first-order valence-electron chi connectivity index (χ1n) is 6.92. The number of ketones is 1. The Bertz CT molecular complexity index is 471. The predicted molar refractivity (Wildman–Crippen MR) is 71.6 cm³/mol. The molecule has 110 valence electrons. The molecule has 0 unspecified atom stereocenters. The summed E-state index contributed by atoms with van der Waals surface area (Å²) in [6.07, 6.45) is 2.02. The van der Waals surface area contributed by atoms with E-state index in [1.807, 2.05) is 0 Å². The lowest BCUT2D eigenvalue weighted by molar-refractivity contribution is 0.0928. The molecular weight excluding hydrogens is 264 g/mol. The number of aliphatic hydroxyl groups excluding tert-OH is 1. The van der Waals surface area contributed by atoms with Gasteiger partial charge in [0.1, 0.15) is 0 Å². The normalized spacial score (nSPS) is 17.4. The van der Waals surface area contributed by atoms with Gasteiger partial charge in [0.2, 0.25) is 0 Å². The number of halogens is 2. The van der Waals surface area contributed by atoms with Crippen LogP contribution in [0.25, 0.3) is 0 Å². The van der Waals surface area contributed by atoms with Crippen molar-refractivity contribution in [2.24, 2.45) is 5.92 Å². The monoisotopic (exact) mass is 283 g/mol. The molecule has 1 aromatic rings. The van der Waals surface area contributed by atoms with Crippen LogP contribution < -0.4 is 0 Å². The maximum atomic E-state index is 13.5. The number of Topliss-reactive ketones (excluding diaryl/α,β-unsaturated/α-hetero) is 1. The molecule has 3 nitrogen and oxygen atoms in total. The highest BCUT2D eigenvalue weighted by molar-refractivity contribution is 5.96. The van der Waals surface area contributed by atoms with Crippen molar-refractivity contribution in [2.75, 3.05) is 26.2 Å². The summed E-state index contributed by atoms with van der Waals surface area (Å²) in [5.74, 6) is -2.06. The lowest BCUT2D eigenvalue weighted by Gasteiger charge is -2.30. The van der Waals surface area contributed by atoms with Gasteiger partial charge < -0.3 is 10.0 Å². The van der Waals surface area contributed by atoms with Gasteiger partial charge in [-0.05, 0) is 44.0 Å². The highest BCUT2D eigenvalue weighted by Crippen LogP contribution is 2.18. The van der Waals surface area contributed by atoms with Crippen LogP contribution in [0.1, 0.15) is 29.6 Å². The van der Waals surface area contributed by atoms with Crippen molar-refractivity contribution in [1.82, 2.24) is 4.90 Å². The van der Waals surface area contributed by atoms with Gasteiger partial charge in [0.25, 0.3) is 0 Å². The molecule has 20 heavy (non-hydrogen) atoms. The lowest BCUT2D eigenvalue weighted by Crippen LogP contribution is -2.36. The summed E-state index contributed by atoms with van der Waals surface area (Å²) in [7, 11) is 0. The molecular formula is C15H19F2NO2. The van der Waals surface area contributed by atoms with E-state index in [0.29, 0.717) is 12.5 Å². The van der Waals surface area contributed by atoms with Crippen LogP contribution in [0.5, 0.6) is 0 Å². The van der Waals surface area contributed by atoms with Crippen LogP contribution in [0.15, 0.2) is 18.2 Å². The fourth-order valence-electron chi connectivity index (χ4n) is 2.51. The molecule has 0 radical (unpaired) electrons. The zero-order valence-electron chi connectivity index (χ0n) is 11.3. The van der Waals surface area contributed by atoms with Crippen molar-refractivity contribution in [1.29, 1.82) is 0 Å². The second kappa shape index (κ2) is 6.90. The van der Waals surface area contributed by atoms with E-state index in [-0.39, 0.29) is 24.4 Å². The molecule has 1 aromatic carbocycles. The first-order valence-corrected chi connectivity index (χ1v) is 6.92. The summed E-state index contributed by atoms with van der Waals surface area (Å²) in [5.41, 5.74) is -0.171. The van der Waals surface area contributed by atoms with Gasteiger partial charge in [0.05, 0.1) is 5.56 Å². The van der Waals surface area contributed by atoms with E-state index in [1.54, 1.807) is 0 Å². The summed E-state index contributed by atoms with van der Waals surface area (Å²) in [6.45, 7) is 2.43. The van der Waals surface area contributed by atoms with E-state index in [4.69, 9.17) is 5.11 Å². The van der Waals surface area contributed by atoms with Crippen LogP contribution in [-0.4, -0.2) is 42.0 Å². The number of hydrogen-bond donors (Lipinski definition) is 1. The minimum atomic E-state index is -1.06. The molecule has 0 spiro atoms. The number of benzene rings is 1. The van der Waals surface area contributed by atoms with Crippen molar-refractivity contribution in [3.05, 3.63) is 35.4 Å². The highest BCUT2D eigenvalue weighted by atomic mass is 19.2. The quantitative estimate of drug-likeness (QED) is 0.843. The fourth-order valence-corrected chi connectivity index (χ4v) is 2.51. The van der Waals surface area contributed by atoms with Crippen molar-refractivity contribution >= 4 is 5.78 Å². The van der Waals surface area contributed by atoms with Crippen LogP contribution in [0, 0.1) is 17.6 Å². The van der Waals surface area contributed by atoms with Gasteiger partial charge in [0.15, 0.2) is 17.4 Å². The molecule has 1 heterocycles. The second-order valence-corrected chi connectivity index (χ2v) is 5.24. The first kappa shape index (κ1) is 15.1. The SMILES string of the molecule is O=C(CCN1CCC(CO)CC1)c1cccc(F)c1F. The summed E-state index contributed by atoms with van der Waals surface area (Å²) >= 11 is 0. The minimum absolute atomic E-state index is 0.171. The Morgan fingerprint density at radius 3 is 2.65 bits per heavy atom. The molecule has 2 rings (SSSR count). The van der Waals surface area contributed by atoms with Gasteiger partial charge in [-0.3, -0.25) is 4.79 Å². The van der Waals surface area contributed by atoms with E-state index < -0.39 is 11.6 Å². The third-order valence-corrected chi connectivity index (χ3v) is 3.87. The number of rotatable bonds is 5. The zero-order valence-corrected chi connectivity index (χ0v) is 11.3. The molecule has 1 saturated heterocycles. The lowest BCUT2D eigenvalue weighted by atomic mass is 9.97. The average Bonchev–Trinajstić information content (AvgIpc) is 2.48. The Hall–Kier alpha value is -1.33. The van der Waals surface area contributed by atoms with Crippen molar-refractivity contribution in [3.8, 4) is 0 Å². The van der Waals surface area contributed by atoms with Crippen molar-refractivity contribution in [2.45, 2.75) is 19.3 Å². The number of likely N-dealkylation sites (tertiary alicyclic amines) is 1. The fraction of sp³-hybridized carbons (Fsp3) is 0.533. The van der Waals surface area contributed by atoms with Gasteiger partial charge in [-0.15, -0.1) is 0 Å². The van der Waals surface area contributed by atoms with Crippen LogP contribution in [0.3, 0.4) is 0 Å². The molecule has 0 saturated carbocycles. The van der Waals surface area contributed by atoms with E-state index in [0.717, 1.165) is 32.0 Å². The van der Waals surface area contributed by atoms with Crippen LogP contribution in [0.4, 0.5) is 8.78 Å². The molecule has 0 aliphatic carbocycles. The van der Waals surface area contributed by atoms with E-state index in [1.165, 1.54) is 12.1 Å². The highest BCUT2D eigenvalue weighted by Gasteiger charge is 2.20. The number of piperidine rings is 1. The molecule has 1 aliphatic heterocycles. The Labute approximate surface area is 117 Å². The summed E-state index contributed by atoms with van der Waals surface area (Å²) in [4.78, 5) is 14.0. The van der Waals surface area contributed by atoms with Gasteiger partial charge in [-0.2, -0.15) is 0 Å². The van der Waals surface area contributed by atoms with Gasteiger partial charge in [0, 0.05) is 19.6 Å². The minimum Gasteiger partial charge on any atom is -0.396 e. The molecule has 0 aromatic heterocycles.